The maximum Gasteiger partial charge on any atom is 0.242 e. The zero-order chi connectivity index (χ0) is 14.8. The lowest BCUT2D eigenvalue weighted by molar-refractivity contribution is 0.521. The van der Waals surface area contributed by atoms with Gasteiger partial charge in [-0.25, -0.2) is 12.7 Å². The van der Waals surface area contributed by atoms with Crippen molar-refractivity contribution in [2.24, 2.45) is 0 Å². The summed E-state index contributed by atoms with van der Waals surface area (Å²) in [5.74, 6) is 0. The van der Waals surface area contributed by atoms with E-state index < -0.39 is 10.0 Å². The molecule has 0 aliphatic carbocycles. The van der Waals surface area contributed by atoms with E-state index in [1.54, 1.807) is 24.3 Å². The molecule has 0 amide bonds. The second-order valence-electron chi connectivity index (χ2n) is 4.37. The zero-order valence-electron chi connectivity index (χ0n) is 11.1. The second kappa shape index (κ2) is 6.13. The standard InChI is InChI=1S/C13H15ClN2O2S2/c1-16(2)20(17,18)12-6-3-10(4-7-12)15-9-11-5-8-13(14)19-11/h3-8,15H,9H2,1-2H3. The Balaban J connectivity index is 2.05. The number of rotatable bonds is 5. The minimum atomic E-state index is -3.37. The van der Waals surface area contributed by atoms with Gasteiger partial charge in [0.15, 0.2) is 0 Å². The summed E-state index contributed by atoms with van der Waals surface area (Å²) < 4.78 is 25.8. The number of benzene rings is 1. The average molecular weight is 331 g/mol. The molecule has 0 unspecified atom stereocenters. The first kappa shape index (κ1) is 15.3. The predicted molar refractivity (Wildman–Crippen MR) is 84.0 cm³/mol. The molecular formula is C13H15ClN2O2S2. The lowest BCUT2D eigenvalue weighted by atomic mass is 10.3. The average Bonchev–Trinajstić information content (AvgIpc) is 2.82. The topological polar surface area (TPSA) is 49.4 Å². The van der Waals surface area contributed by atoms with Gasteiger partial charge in [-0.15, -0.1) is 11.3 Å². The number of sulfonamides is 1. The van der Waals surface area contributed by atoms with Crippen LogP contribution in [-0.2, 0) is 16.6 Å². The molecule has 0 spiro atoms. The van der Waals surface area contributed by atoms with Gasteiger partial charge in [0.25, 0.3) is 0 Å². The molecule has 7 heteroatoms. The molecule has 1 heterocycles. The molecule has 20 heavy (non-hydrogen) atoms. The highest BCUT2D eigenvalue weighted by Gasteiger charge is 2.16. The van der Waals surface area contributed by atoms with E-state index in [2.05, 4.69) is 5.32 Å². The van der Waals surface area contributed by atoms with Crippen molar-refractivity contribution in [1.82, 2.24) is 4.31 Å². The molecule has 0 atom stereocenters. The summed E-state index contributed by atoms with van der Waals surface area (Å²) in [5, 5.41) is 3.23. The molecule has 1 N–H and O–H groups in total. The van der Waals surface area contributed by atoms with Crippen LogP contribution in [0.4, 0.5) is 5.69 Å². The lowest BCUT2D eigenvalue weighted by Gasteiger charge is -2.12. The van der Waals surface area contributed by atoms with Crippen molar-refractivity contribution < 1.29 is 8.42 Å². The predicted octanol–water partition coefficient (Wildman–Crippen LogP) is 3.26. The van der Waals surface area contributed by atoms with Gasteiger partial charge in [0, 0.05) is 31.2 Å². The van der Waals surface area contributed by atoms with E-state index in [0.717, 1.165) is 14.9 Å². The van der Waals surface area contributed by atoms with Crippen molar-refractivity contribution in [2.45, 2.75) is 11.4 Å². The van der Waals surface area contributed by atoms with Crippen LogP contribution in [0.15, 0.2) is 41.3 Å². The van der Waals surface area contributed by atoms with Gasteiger partial charge >= 0.3 is 0 Å². The first-order valence-corrected chi connectivity index (χ1v) is 8.54. The molecule has 0 aliphatic heterocycles. The molecule has 4 nitrogen and oxygen atoms in total. The van der Waals surface area contributed by atoms with Gasteiger partial charge in [-0.1, -0.05) is 11.6 Å². The van der Waals surface area contributed by atoms with Gasteiger partial charge < -0.3 is 5.32 Å². The number of nitrogens with zero attached hydrogens (tertiary/aromatic N) is 1. The van der Waals surface area contributed by atoms with Gasteiger partial charge in [-0.2, -0.15) is 0 Å². The lowest BCUT2D eigenvalue weighted by Crippen LogP contribution is -2.22. The first-order chi connectivity index (χ1) is 9.39. The van der Waals surface area contributed by atoms with Crippen molar-refractivity contribution in [3.63, 3.8) is 0 Å². The molecule has 1 aromatic carbocycles. The molecule has 0 fully saturated rings. The van der Waals surface area contributed by atoms with Crippen LogP contribution in [0.2, 0.25) is 4.34 Å². The van der Waals surface area contributed by atoms with Crippen LogP contribution in [0, 0.1) is 0 Å². The Hall–Kier alpha value is -1.08. The van der Waals surface area contributed by atoms with Crippen LogP contribution >= 0.6 is 22.9 Å². The van der Waals surface area contributed by atoms with Crippen molar-refractivity contribution in [1.29, 1.82) is 0 Å². The Labute approximate surface area is 128 Å². The van der Waals surface area contributed by atoms with Crippen molar-refractivity contribution in [3.8, 4) is 0 Å². The van der Waals surface area contributed by atoms with E-state index in [0.29, 0.717) is 6.54 Å². The van der Waals surface area contributed by atoms with Crippen LogP contribution in [0.25, 0.3) is 0 Å². The fraction of sp³-hybridized carbons (Fsp3) is 0.231. The molecule has 1 aromatic heterocycles. The molecule has 108 valence electrons. The number of anilines is 1. The third kappa shape index (κ3) is 3.52. The zero-order valence-corrected chi connectivity index (χ0v) is 13.5. The van der Waals surface area contributed by atoms with E-state index in [1.165, 1.54) is 29.7 Å². The van der Waals surface area contributed by atoms with E-state index in [1.807, 2.05) is 12.1 Å². The van der Waals surface area contributed by atoms with Crippen LogP contribution in [0.3, 0.4) is 0 Å². The summed E-state index contributed by atoms with van der Waals surface area (Å²) in [5.41, 5.74) is 0.868. The molecule has 0 aliphatic rings. The summed E-state index contributed by atoms with van der Waals surface area (Å²) >= 11 is 7.38. The summed E-state index contributed by atoms with van der Waals surface area (Å²) in [6.07, 6.45) is 0. The first-order valence-electron chi connectivity index (χ1n) is 5.90. The fourth-order valence-electron chi connectivity index (χ4n) is 1.59. The van der Waals surface area contributed by atoms with E-state index in [-0.39, 0.29) is 4.90 Å². The van der Waals surface area contributed by atoms with Crippen LogP contribution in [0.1, 0.15) is 4.88 Å². The number of hydrogen-bond donors (Lipinski definition) is 1. The van der Waals surface area contributed by atoms with Gasteiger partial charge in [0.2, 0.25) is 10.0 Å². The molecule has 0 saturated carbocycles. The number of hydrogen-bond acceptors (Lipinski definition) is 4. The fourth-order valence-corrected chi connectivity index (χ4v) is 3.52. The summed E-state index contributed by atoms with van der Waals surface area (Å²) in [6, 6.07) is 10.5. The molecule has 2 rings (SSSR count). The van der Waals surface area contributed by atoms with E-state index in [9.17, 15) is 8.42 Å². The minimum absolute atomic E-state index is 0.284. The second-order valence-corrected chi connectivity index (χ2v) is 8.32. The quantitative estimate of drug-likeness (QED) is 0.915. The van der Waals surface area contributed by atoms with Crippen LogP contribution in [-0.4, -0.2) is 26.8 Å². The highest BCUT2D eigenvalue weighted by molar-refractivity contribution is 7.89. The Morgan fingerprint density at radius 1 is 1.15 bits per heavy atom. The maximum absolute atomic E-state index is 11.9. The van der Waals surface area contributed by atoms with Gasteiger partial charge in [0.1, 0.15) is 0 Å². The van der Waals surface area contributed by atoms with E-state index >= 15 is 0 Å². The van der Waals surface area contributed by atoms with Gasteiger partial charge in [-0.3, -0.25) is 0 Å². The van der Waals surface area contributed by atoms with Crippen LogP contribution in [0.5, 0.6) is 0 Å². The maximum atomic E-state index is 11.9. The SMILES string of the molecule is CN(C)S(=O)(=O)c1ccc(NCc2ccc(Cl)s2)cc1. The number of halogens is 1. The van der Waals surface area contributed by atoms with Crippen molar-refractivity contribution >= 4 is 38.6 Å². The van der Waals surface area contributed by atoms with Crippen molar-refractivity contribution in [2.75, 3.05) is 19.4 Å². The molecule has 0 saturated heterocycles. The normalized spacial score (nSPS) is 11.8. The van der Waals surface area contributed by atoms with Crippen molar-refractivity contribution in [3.05, 3.63) is 45.6 Å². The number of nitrogens with one attached hydrogen (secondary N) is 1. The Morgan fingerprint density at radius 2 is 1.80 bits per heavy atom. The largest absolute Gasteiger partial charge is 0.380 e. The Bertz CT molecular complexity index is 679. The molecular weight excluding hydrogens is 316 g/mol. The van der Waals surface area contributed by atoms with E-state index in [4.69, 9.17) is 11.6 Å². The van der Waals surface area contributed by atoms with Crippen LogP contribution < -0.4 is 5.32 Å². The minimum Gasteiger partial charge on any atom is -0.380 e. The highest BCUT2D eigenvalue weighted by Crippen LogP contribution is 2.23. The summed E-state index contributed by atoms with van der Waals surface area (Å²) in [7, 11) is -0.335. The number of thiophene rings is 1. The van der Waals surface area contributed by atoms with Gasteiger partial charge in [-0.05, 0) is 36.4 Å². The third-order valence-corrected chi connectivity index (χ3v) is 5.79. The Kier molecular flexibility index (Phi) is 4.70. The highest BCUT2D eigenvalue weighted by atomic mass is 35.5. The monoisotopic (exact) mass is 330 g/mol. The Morgan fingerprint density at radius 3 is 2.30 bits per heavy atom. The molecule has 2 aromatic rings. The van der Waals surface area contributed by atoms with Gasteiger partial charge in [0.05, 0.1) is 9.23 Å². The molecule has 0 bridgehead atoms. The summed E-state index contributed by atoms with van der Waals surface area (Å²) in [4.78, 5) is 1.41. The third-order valence-electron chi connectivity index (χ3n) is 2.73. The summed E-state index contributed by atoms with van der Waals surface area (Å²) in [6.45, 7) is 0.664. The molecule has 0 radical (unpaired) electrons. The smallest absolute Gasteiger partial charge is 0.242 e.